The highest BCUT2D eigenvalue weighted by Crippen LogP contribution is 2.46. The van der Waals surface area contributed by atoms with Gasteiger partial charge < -0.3 is 14.2 Å². The molecule has 3 rings (SSSR count). The third-order valence-corrected chi connectivity index (χ3v) is 5.94. The lowest BCUT2D eigenvalue weighted by Gasteiger charge is -2.42. The summed E-state index contributed by atoms with van der Waals surface area (Å²) in [7, 11) is 6.28. The van der Waals surface area contributed by atoms with E-state index in [0.717, 1.165) is 29.4 Å². The van der Waals surface area contributed by atoms with E-state index in [0.29, 0.717) is 12.5 Å². The monoisotopic (exact) mass is 389 g/mol. The molecule has 1 aromatic carbocycles. The molecule has 1 aromatic heterocycles. The van der Waals surface area contributed by atoms with Gasteiger partial charge in [0.1, 0.15) is 5.82 Å². The number of rotatable bonds is 8. The summed E-state index contributed by atoms with van der Waals surface area (Å²) in [5, 5.41) is 0.753. The molecule has 1 unspecified atom stereocenters. The Hall–Kier alpha value is -1.36. The molecule has 0 N–H and O–H groups in total. The zero-order valence-corrected chi connectivity index (χ0v) is 17.6. The summed E-state index contributed by atoms with van der Waals surface area (Å²) in [6.07, 6.45) is 11.1. The van der Waals surface area contributed by atoms with Crippen LogP contribution in [0.25, 0.3) is 0 Å². The van der Waals surface area contributed by atoms with Crippen molar-refractivity contribution in [3.63, 3.8) is 0 Å². The zero-order chi connectivity index (χ0) is 19.3. The fourth-order valence-electron chi connectivity index (χ4n) is 4.36. The van der Waals surface area contributed by atoms with Crippen LogP contribution in [0, 0.1) is 5.92 Å². The molecule has 1 atom stereocenters. The minimum absolute atomic E-state index is 0.424. The van der Waals surface area contributed by atoms with Gasteiger partial charge in [-0.15, -0.1) is 0 Å². The van der Waals surface area contributed by atoms with Gasteiger partial charge in [-0.3, -0.25) is 0 Å². The second kappa shape index (κ2) is 9.22. The summed E-state index contributed by atoms with van der Waals surface area (Å²) < 4.78 is 8.94. The summed E-state index contributed by atoms with van der Waals surface area (Å²) in [5.74, 6) is 1.43. The van der Waals surface area contributed by atoms with E-state index in [4.69, 9.17) is 21.3 Å². The van der Waals surface area contributed by atoms with Crippen molar-refractivity contribution in [2.24, 2.45) is 13.0 Å². The van der Waals surface area contributed by atoms with E-state index in [1.807, 2.05) is 24.5 Å². The topological polar surface area (TPSA) is 30.3 Å². The molecule has 0 saturated heterocycles. The van der Waals surface area contributed by atoms with E-state index in [9.17, 15) is 0 Å². The zero-order valence-electron chi connectivity index (χ0n) is 16.8. The maximum Gasteiger partial charge on any atom is 0.153 e. The van der Waals surface area contributed by atoms with Crippen LogP contribution in [0.2, 0.25) is 5.02 Å². The first-order valence-corrected chi connectivity index (χ1v) is 10.4. The average Bonchev–Trinajstić information content (AvgIpc) is 3.10. The van der Waals surface area contributed by atoms with E-state index in [1.54, 1.807) is 0 Å². The lowest BCUT2D eigenvalue weighted by Crippen LogP contribution is -2.43. The number of hydrogen-bond donors (Lipinski definition) is 0. The van der Waals surface area contributed by atoms with E-state index in [-0.39, 0.29) is 0 Å². The molecule has 1 fully saturated rings. The molecule has 0 aliphatic heterocycles. The van der Waals surface area contributed by atoms with Gasteiger partial charge in [0, 0.05) is 31.1 Å². The Labute approximate surface area is 168 Å². The quantitative estimate of drug-likeness (QED) is 0.603. The predicted octanol–water partition coefficient (Wildman–Crippen LogP) is 4.87. The van der Waals surface area contributed by atoms with Crippen molar-refractivity contribution >= 4 is 11.6 Å². The first-order valence-electron chi connectivity index (χ1n) is 10.1. The minimum Gasteiger partial charge on any atom is -0.362 e. The molecular formula is C22H32ClN3O. The van der Waals surface area contributed by atoms with E-state index >= 15 is 0 Å². The third-order valence-electron chi connectivity index (χ3n) is 5.69. The van der Waals surface area contributed by atoms with Crippen LogP contribution in [-0.4, -0.2) is 41.7 Å². The lowest BCUT2D eigenvalue weighted by molar-refractivity contribution is -0.0815. The van der Waals surface area contributed by atoms with Crippen LogP contribution in [0.4, 0.5) is 0 Å². The number of halogens is 1. The lowest BCUT2D eigenvalue weighted by atomic mass is 9.72. The van der Waals surface area contributed by atoms with Crippen LogP contribution in [0.1, 0.15) is 49.9 Å². The number of aryl methyl sites for hydroxylation is 1. The molecule has 0 spiro atoms. The number of benzene rings is 1. The first-order chi connectivity index (χ1) is 13.0. The molecule has 1 aliphatic rings. The fraction of sp³-hybridized carbons (Fsp3) is 0.591. The second-order valence-electron chi connectivity index (χ2n) is 7.94. The van der Waals surface area contributed by atoms with Gasteiger partial charge in [0.2, 0.25) is 0 Å². The number of aromatic nitrogens is 2. The van der Waals surface area contributed by atoms with Crippen molar-refractivity contribution in [2.75, 3.05) is 27.2 Å². The van der Waals surface area contributed by atoms with Crippen molar-refractivity contribution in [3.05, 3.63) is 53.1 Å². The second-order valence-corrected chi connectivity index (χ2v) is 8.38. The number of nitrogens with zero attached hydrogens (tertiary/aromatic N) is 3. The predicted molar refractivity (Wildman–Crippen MR) is 111 cm³/mol. The smallest absolute Gasteiger partial charge is 0.153 e. The summed E-state index contributed by atoms with van der Waals surface area (Å²) in [4.78, 5) is 6.97. The summed E-state index contributed by atoms with van der Waals surface area (Å²) >= 11 is 6.20. The van der Waals surface area contributed by atoms with E-state index < -0.39 is 5.60 Å². The van der Waals surface area contributed by atoms with Gasteiger partial charge in [-0.05, 0) is 63.5 Å². The van der Waals surface area contributed by atoms with Crippen molar-refractivity contribution < 1.29 is 4.74 Å². The molecule has 0 radical (unpaired) electrons. The van der Waals surface area contributed by atoms with Gasteiger partial charge in [-0.2, -0.15) is 0 Å². The fourth-order valence-corrected chi connectivity index (χ4v) is 4.48. The molecule has 0 amide bonds. The molecule has 2 aromatic rings. The van der Waals surface area contributed by atoms with Crippen LogP contribution in [-0.2, 0) is 17.4 Å². The Balaban J connectivity index is 2.02. The van der Waals surface area contributed by atoms with Gasteiger partial charge in [0.25, 0.3) is 0 Å². The maximum atomic E-state index is 6.82. The molecule has 148 valence electrons. The van der Waals surface area contributed by atoms with Gasteiger partial charge in [-0.25, -0.2) is 4.98 Å². The Bertz CT molecular complexity index is 707. The molecule has 0 bridgehead atoms. The SMILES string of the molecule is CN(C)CCCOC(c1ccc(Cl)cc1)(c1nccn1C)C1CCCCC1. The van der Waals surface area contributed by atoms with E-state index in [1.165, 1.54) is 32.1 Å². The third kappa shape index (κ3) is 4.56. The maximum absolute atomic E-state index is 6.82. The number of hydrogen-bond acceptors (Lipinski definition) is 3. The molecule has 4 nitrogen and oxygen atoms in total. The van der Waals surface area contributed by atoms with Crippen LogP contribution in [0.3, 0.4) is 0 Å². The Kier molecular flexibility index (Phi) is 6.96. The average molecular weight is 390 g/mol. The van der Waals surface area contributed by atoms with Gasteiger partial charge >= 0.3 is 0 Å². The van der Waals surface area contributed by atoms with Gasteiger partial charge in [0.15, 0.2) is 5.60 Å². The normalized spacial score (nSPS) is 18.0. The van der Waals surface area contributed by atoms with Crippen molar-refractivity contribution in [1.29, 1.82) is 0 Å². The van der Waals surface area contributed by atoms with Crippen LogP contribution < -0.4 is 0 Å². The van der Waals surface area contributed by atoms with Crippen LogP contribution in [0.15, 0.2) is 36.7 Å². The van der Waals surface area contributed by atoms with Gasteiger partial charge in [-0.1, -0.05) is 43.0 Å². The summed E-state index contributed by atoms with van der Waals surface area (Å²) in [5.41, 5.74) is 0.646. The van der Waals surface area contributed by atoms with E-state index in [2.05, 4.69) is 42.7 Å². The van der Waals surface area contributed by atoms with Crippen LogP contribution >= 0.6 is 11.6 Å². The Morgan fingerprint density at radius 1 is 1.19 bits per heavy atom. The Morgan fingerprint density at radius 2 is 1.89 bits per heavy atom. The highest BCUT2D eigenvalue weighted by atomic mass is 35.5. The summed E-state index contributed by atoms with van der Waals surface area (Å²) in [6, 6.07) is 8.19. The van der Waals surface area contributed by atoms with Crippen molar-refractivity contribution in [2.45, 2.75) is 44.1 Å². The van der Waals surface area contributed by atoms with Crippen molar-refractivity contribution in [1.82, 2.24) is 14.5 Å². The Morgan fingerprint density at radius 3 is 2.48 bits per heavy atom. The molecule has 1 saturated carbocycles. The molecule has 1 heterocycles. The largest absolute Gasteiger partial charge is 0.362 e. The van der Waals surface area contributed by atoms with Crippen molar-refractivity contribution in [3.8, 4) is 0 Å². The first kappa shape index (κ1) is 20.4. The minimum atomic E-state index is -0.518. The molecular weight excluding hydrogens is 358 g/mol. The summed E-state index contributed by atoms with van der Waals surface area (Å²) in [6.45, 7) is 1.73. The standard InChI is InChI=1S/C22H32ClN3O/c1-25(2)15-7-17-27-22(18-8-5-4-6-9-18,21-24-14-16-26(21)3)19-10-12-20(23)13-11-19/h10-14,16,18H,4-9,15,17H2,1-3H3. The highest BCUT2D eigenvalue weighted by Gasteiger charge is 2.46. The highest BCUT2D eigenvalue weighted by molar-refractivity contribution is 6.30. The van der Waals surface area contributed by atoms with Gasteiger partial charge in [0.05, 0.1) is 0 Å². The molecule has 1 aliphatic carbocycles. The molecule has 27 heavy (non-hydrogen) atoms. The van der Waals surface area contributed by atoms with Crippen LogP contribution in [0.5, 0.6) is 0 Å². The number of ether oxygens (including phenoxy) is 1. The molecule has 5 heteroatoms. The number of imidazole rings is 1.